The van der Waals surface area contributed by atoms with Gasteiger partial charge in [-0.3, -0.25) is 5.41 Å². The van der Waals surface area contributed by atoms with Crippen LogP contribution in [0.1, 0.15) is 29.2 Å². The molecule has 0 aliphatic heterocycles. The van der Waals surface area contributed by atoms with Crippen molar-refractivity contribution in [1.29, 1.82) is 5.41 Å². The van der Waals surface area contributed by atoms with Crippen molar-refractivity contribution >= 4 is 38.8 Å². The summed E-state index contributed by atoms with van der Waals surface area (Å²) in [5, 5.41) is 8.13. The van der Waals surface area contributed by atoms with Crippen LogP contribution in [0.4, 0.5) is 0 Å². The highest BCUT2D eigenvalue weighted by Crippen LogP contribution is 2.33. The predicted octanol–water partition coefficient (Wildman–Crippen LogP) is 5.58. The van der Waals surface area contributed by atoms with Gasteiger partial charge in [0.15, 0.2) is 0 Å². The molecule has 0 saturated carbocycles. The Kier molecular flexibility index (Phi) is 9.19. The maximum atomic E-state index is 13.8. The van der Waals surface area contributed by atoms with Crippen molar-refractivity contribution in [2.24, 2.45) is 4.40 Å². The molecule has 1 N–H and O–H groups in total. The number of carbonyl (C=O) groups is 1. The van der Waals surface area contributed by atoms with Crippen LogP contribution in [0.25, 0.3) is 11.1 Å². The highest BCUT2D eigenvalue weighted by molar-refractivity contribution is 7.90. The van der Waals surface area contributed by atoms with Gasteiger partial charge in [0.25, 0.3) is 0 Å². The molecule has 1 heterocycles. The number of benzene rings is 3. The van der Waals surface area contributed by atoms with E-state index in [1.165, 1.54) is 12.1 Å². The SMILES string of the molecule is CCOC(=O)C(=C=N)/C(=C(\C(=NS(=O)(=O)c1ccc(C)cc1)[n+]1ccc(C)cc1)c1ccccc1)c1ccccc1. The molecule has 0 aliphatic rings. The van der Waals surface area contributed by atoms with Crippen molar-refractivity contribution in [3.63, 3.8) is 0 Å². The number of aryl methyl sites for hydroxylation is 2. The largest absolute Gasteiger partial charge is 0.462 e. The van der Waals surface area contributed by atoms with Gasteiger partial charge in [0.2, 0.25) is 0 Å². The van der Waals surface area contributed by atoms with E-state index in [1.807, 2.05) is 50.2 Å². The second kappa shape index (κ2) is 13.0. The number of allylic oxidation sites excluding steroid dienone is 1. The lowest BCUT2D eigenvalue weighted by atomic mass is 9.89. The molecule has 1 aromatic heterocycles. The van der Waals surface area contributed by atoms with Crippen LogP contribution in [-0.2, 0) is 19.6 Å². The third kappa shape index (κ3) is 6.81. The summed E-state index contributed by atoms with van der Waals surface area (Å²) < 4.78 is 38.9. The molecule has 4 aromatic rings. The molecule has 4 rings (SSSR count). The van der Waals surface area contributed by atoms with Crippen molar-refractivity contribution in [3.05, 3.63) is 137 Å². The van der Waals surface area contributed by atoms with Crippen LogP contribution in [0.15, 0.2) is 124 Å². The number of carbonyl (C=O) groups excluding carboxylic acids is 1. The van der Waals surface area contributed by atoms with Gasteiger partial charge in [-0.25, -0.2) is 9.36 Å². The van der Waals surface area contributed by atoms with Gasteiger partial charge in [-0.1, -0.05) is 78.4 Å². The van der Waals surface area contributed by atoms with Gasteiger partial charge in [-0.15, -0.1) is 0 Å². The molecule has 0 aliphatic carbocycles. The van der Waals surface area contributed by atoms with Crippen molar-refractivity contribution < 1.29 is 22.5 Å². The Morgan fingerprint density at radius 3 is 1.83 bits per heavy atom. The summed E-state index contributed by atoms with van der Waals surface area (Å²) in [7, 11) is -4.23. The van der Waals surface area contributed by atoms with Gasteiger partial charge in [0.05, 0.1) is 29.0 Å². The fourth-order valence-corrected chi connectivity index (χ4v) is 5.17. The van der Waals surface area contributed by atoms with Gasteiger partial charge < -0.3 is 4.74 Å². The number of nitrogens with one attached hydrogen (secondary N) is 1. The zero-order chi connectivity index (χ0) is 29.4. The summed E-state index contributed by atoms with van der Waals surface area (Å²) in [6, 6.07) is 28.1. The molecule has 8 heteroatoms. The van der Waals surface area contributed by atoms with E-state index < -0.39 is 16.0 Å². The Morgan fingerprint density at radius 2 is 1.32 bits per heavy atom. The molecule has 0 spiro atoms. The molecule has 0 radical (unpaired) electrons. The first-order valence-corrected chi connectivity index (χ1v) is 14.4. The highest BCUT2D eigenvalue weighted by atomic mass is 32.2. The lowest BCUT2D eigenvalue weighted by molar-refractivity contribution is -0.552. The van der Waals surface area contributed by atoms with E-state index >= 15 is 0 Å². The predicted molar refractivity (Wildman–Crippen MR) is 160 cm³/mol. The zero-order valence-corrected chi connectivity index (χ0v) is 23.9. The first-order valence-electron chi connectivity index (χ1n) is 13.0. The van der Waals surface area contributed by atoms with Crippen LogP contribution in [0.5, 0.6) is 0 Å². The monoisotopic (exact) mass is 564 g/mol. The minimum Gasteiger partial charge on any atom is -0.462 e. The first kappa shape index (κ1) is 29.1. The fraction of sp³-hybridized carbons (Fsp3) is 0.121. The van der Waals surface area contributed by atoms with E-state index in [0.29, 0.717) is 16.7 Å². The molecular weight excluding hydrogens is 534 g/mol. The number of esters is 1. The van der Waals surface area contributed by atoms with Crippen molar-refractivity contribution in [2.75, 3.05) is 6.61 Å². The Hall–Kier alpha value is -4.91. The van der Waals surface area contributed by atoms with Crippen molar-refractivity contribution in [1.82, 2.24) is 0 Å². The lowest BCUT2D eigenvalue weighted by Gasteiger charge is -2.16. The molecule has 0 bridgehead atoms. The van der Waals surface area contributed by atoms with E-state index in [9.17, 15) is 13.2 Å². The number of aromatic nitrogens is 1. The maximum absolute atomic E-state index is 13.8. The fourth-order valence-electron chi connectivity index (χ4n) is 4.17. The Balaban J connectivity index is 2.20. The van der Waals surface area contributed by atoms with E-state index in [-0.39, 0.29) is 28.5 Å². The number of sulfonamides is 1. The molecule has 0 saturated heterocycles. The van der Waals surface area contributed by atoms with Crippen LogP contribution < -0.4 is 4.57 Å². The Labute approximate surface area is 240 Å². The van der Waals surface area contributed by atoms with Crippen molar-refractivity contribution in [3.8, 4) is 0 Å². The van der Waals surface area contributed by atoms with Gasteiger partial charge >= 0.3 is 21.8 Å². The molecule has 206 valence electrons. The standard InChI is InChI=1S/C33H30N3O4S/c1-4-40-33(37)29(23-34)30(26-11-7-5-8-12-26)31(27-13-9-6-10-14-27)32(36-21-19-25(3)20-22-36)35-41(38,39)28-17-15-24(2)16-18-28/h5-22,34H,4H2,1-3H3/q+1/b31-30-,35-32?. The topological polar surface area (TPSA) is 101 Å². The Bertz CT molecular complexity index is 1750. The maximum Gasteiger partial charge on any atom is 0.370 e. The van der Waals surface area contributed by atoms with Crippen LogP contribution >= 0.6 is 0 Å². The summed E-state index contributed by atoms with van der Waals surface area (Å²) in [6.07, 6.45) is 3.42. The summed E-state index contributed by atoms with van der Waals surface area (Å²) in [4.78, 5) is 13.2. The van der Waals surface area contributed by atoms with Gasteiger partial charge in [-0.2, -0.15) is 8.42 Å². The number of rotatable bonds is 8. The number of nitrogens with zero attached hydrogens (tertiary/aromatic N) is 2. The molecule has 0 atom stereocenters. The zero-order valence-electron chi connectivity index (χ0n) is 23.0. The number of ether oxygens (including phenoxy) is 1. The minimum atomic E-state index is -4.23. The van der Waals surface area contributed by atoms with Gasteiger partial charge in [0, 0.05) is 5.57 Å². The summed E-state index contributed by atoms with van der Waals surface area (Å²) in [5.41, 5.74) is 3.41. The van der Waals surface area contributed by atoms with Gasteiger partial charge in [-0.05, 0) is 67.6 Å². The quantitative estimate of drug-likeness (QED) is 0.0575. The van der Waals surface area contributed by atoms with E-state index in [4.69, 9.17) is 10.1 Å². The number of hydrogen-bond donors (Lipinski definition) is 1. The van der Waals surface area contributed by atoms with Crippen LogP contribution in [-0.4, -0.2) is 32.7 Å². The normalized spacial score (nSPS) is 12.2. The average Bonchev–Trinajstić information content (AvgIpc) is 2.98. The summed E-state index contributed by atoms with van der Waals surface area (Å²) in [5.74, 6) is 1.55. The second-order valence-electron chi connectivity index (χ2n) is 9.19. The average molecular weight is 565 g/mol. The number of hydrogen-bond acceptors (Lipinski definition) is 5. The molecule has 41 heavy (non-hydrogen) atoms. The lowest BCUT2D eigenvalue weighted by Crippen LogP contribution is -2.44. The number of pyridine rings is 1. The van der Waals surface area contributed by atoms with E-state index in [2.05, 4.69) is 10.3 Å². The molecule has 3 aromatic carbocycles. The molecule has 0 unspecified atom stereocenters. The molecule has 0 amide bonds. The van der Waals surface area contributed by atoms with Crippen LogP contribution in [0, 0.1) is 19.3 Å². The smallest absolute Gasteiger partial charge is 0.370 e. The summed E-state index contributed by atoms with van der Waals surface area (Å²) >= 11 is 0. The Morgan fingerprint density at radius 1 is 0.805 bits per heavy atom. The first-order chi connectivity index (χ1) is 19.7. The van der Waals surface area contributed by atoms with Crippen LogP contribution in [0.3, 0.4) is 0 Å². The molecule has 7 nitrogen and oxygen atoms in total. The third-order valence-corrected chi connectivity index (χ3v) is 7.50. The van der Waals surface area contributed by atoms with Crippen LogP contribution in [0.2, 0.25) is 0 Å². The third-order valence-electron chi connectivity index (χ3n) is 6.22. The van der Waals surface area contributed by atoms with E-state index in [1.54, 1.807) is 72.4 Å². The molecular formula is C33H30N3O4S+. The summed E-state index contributed by atoms with van der Waals surface area (Å²) in [6.45, 7) is 5.55. The second-order valence-corrected chi connectivity index (χ2v) is 10.8. The van der Waals surface area contributed by atoms with Gasteiger partial charge in [0.1, 0.15) is 10.5 Å². The molecule has 0 fully saturated rings. The van der Waals surface area contributed by atoms with E-state index in [0.717, 1.165) is 11.1 Å². The van der Waals surface area contributed by atoms with Crippen molar-refractivity contribution in [2.45, 2.75) is 25.7 Å². The minimum absolute atomic E-state index is 0.0233. The highest BCUT2D eigenvalue weighted by Gasteiger charge is 2.33.